The molecule has 4 N–H and O–H groups in total. The second kappa shape index (κ2) is 8.32. The SMILES string of the molecule is C[N+]1(C)CCCCC1C(CCS)C(P(=O)(O)O)P(=O)(O)O.[Cl-]. The number of nitrogens with zero attached hydrogens (tertiary/aromatic N) is 1. The largest absolute Gasteiger partial charge is 1.00 e. The number of thiol groups is 1. The van der Waals surface area contributed by atoms with Gasteiger partial charge in [0.1, 0.15) is 0 Å². The standard InChI is InChI=1S/C11H25NO6P2S.ClH/c1-12(2)7-4-3-5-10(12)9(6-8-21)11(19(13,14)15)20(16,17)18;/h9-11H,3-8H2,1-2H3,(H4-,13,14,15,16,17,18,21);1H. The van der Waals surface area contributed by atoms with Crippen LogP contribution in [0.2, 0.25) is 0 Å². The monoisotopic (exact) mass is 397 g/mol. The molecule has 0 radical (unpaired) electrons. The molecule has 7 nitrogen and oxygen atoms in total. The summed E-state index contributed by atoms with van der Waals surface area (Å²) in [5, 5.41) is -1.93. The third-order valence-corrected chi connectivity index (χ3v) is 8.62. The van der Waals surface area contributed by atoms with Gasteiger partial charge in [-0.15, -0.1) is 0 Å². The van der Waals surface area contributed by atoms with Gasteiger partial charge in [-0.2, -0.15) is 12.6 Å². The molecule has 2 atom stereocenters. The zero-order valence-corrected chi connectivity index (χ0v) is 16.2. The highest BCUT2D eigenvalue weighted by molar-refractivity contribution is 7.80. The quantitative estimate of drug-likeness (QED) is 0.206. The van der Waals surface area contributed by atoms with Crippen molar-refractivity contribution >= 4 is 27.8 Å². The van der Waals surface area contributed by atoms with Gasteiger partial charge < -0.3 is 36.5 Å². The fraction of sp³-hybridized carbons (Fsp3) is 1.00. The first-order valence-electron chi connectivity index (χ1n) is 6.95. The maximum Gasteiger partial charge on any atom is 0.341 e. The molecule has 1 saturated heterocycles. The molecule has 0 aromatic carbocycles. The normalized spacial score (nSPS) is 23.9. The number of rotatable bonds is 6. The first-order valence-corrected chi connectivity index (χ1v) is 10.9. The third kappa shape index (κ3) is 5.76. The number of quaternary nitrogens is 1. The minimum Gasteiger partial charge on any atom is -1.00 e. The van der Waals surface area contributed by atoms with E-state index in [-0.39, 0.29) is 24.9 Å². The van der Waals surface area contributed by atoms with Crippen LogP contribution in [0.3, 0.4) is 0 Å². The second-order valence-electron chi connectivity index (χ2n) is 6.33. The lowest BCUT2D eigenvalue weighted by Crippen LogP contribution is -3.00. The molecule has 0 saturated carbocycles. The van der Waals surface area contributed by atoms with E-state index in [0.717, 1.165) is 19.4 Å². The van der Waals surface area contributed by atoms with Crippen LogP contribution in [-0.2, 0) is 9.13 Å². The molecule has 0 aromatic rings. The average molecular weight is 398 g/mol. The van der Waals surface area contributed by atoms with Crippen LogP contribution in [0.4, 0.5) is 0 Å². The molecule has 1 aliphatic rings. The zero-order chi connectivity index (χ0) is 16.5. The van der Waals surface area contributed by atoms with E-state index in [1.165, 1.54) is 0 Å². The maximum absolute atomic E-state index is 11.7. The molecule has 1 aliphatic heterocycles. The molecule has 1 fully saturated rings. The van der Waals surface area contributed by atoms with Crippen LogP contribution in [0, 0.1) is 5.92 Å². The molecular formula is C11H26ClNO6P2S. The number of hydrogen-bond donors (Lipinski definition) is 5. The van der Waals surface area contributed by atoms with E-state index in [2.05, 4.69) is 12.6 Å². The predicted octanol–water partition coefficient (Wildman–Crippen LogP) is -1.76. The van der Waals surface area contributed by atoms with Crippen molar-refractivity contribution in [1.82, 2.24) is 0 Å². The van der Waals surface area contributed by atoms with Crippen LogP contribution in [-0.4, -0.2) is 61.9 Å². The predicted molar refractivity (Wildman–Crippen MR) is 84.5 cm³/mol. The van der Waals surface area contributed by atoms with Crippen molar-refractivity contribution in [3.8, 4) is 0 Å². The Bertz CT molecular complexity index is 432. The summed E-state index contributed by atoms with van der Waals surface area (Å²) in [5.74, 6) is -0.419. The van der Waals surface area contributed by atoms with Gasteiger partial charge in [0, 0.05) is 5.92 Å². The minimum absolute atomic E-state index is 0. The van der Waals surface area contributed by atoms with Gasteiger partial charge in [-0.05, 0) is 31.4 Å². The summed E-state index contributed by atoms with van der Waals surface area (Å²) >= 11 is 4.11. The third-order valence-electron chi connectivity index (χ3n) is 4.41. The summed E-state index contributed by atoms with van der Waals surface area (Å²) in [6.07, 6.45) is 2.90. The number of halogens is 1. The van der Waals surface area contributed by atoms with Gasteiger partial charge >= 0.3 is 15.2 Å². The van der Waals surface area contributed by atoms with Crippen molar-refractivity contribution < 1.29 is 45.6 Å². The number of likely N-dealkylation sites (tertiary alicyclic amines) is 1. The Morgan fingerprint density at radius 3 is 2.00 bits per heavy atom. The molecule has 11 heteroatoms. The van der Waals surface area contributed by atoms with Crippen molar-refractivity contribution in [3.05, 3.63) is 0 Å². The Morgan fingerprint density at radius 2 is 1.64 bits per heavy atom. The van der Waals surface area contributed by atoms with Crippen LogP contribution in [0.15, 0.2) is 0 Å². The van der Waals surface area contributed by atoms with Crippen molar-refractivity contribution in [1.29, 1.82) is 0 Å². The molecular weight excluding hydrogens is 372 g/mol. The van der Waals surface area contributed by atoms with E-state index in [9.17, 15) is 28.7 Å². The molecule has 0 bridgehead atoms. The van der Waals surface area contributed by atoms with Gasteiger partial charge in [-0.3, -0.25) is 9.13 Å². The van der Waals surface area contributed by atoms with Gasteiger partial charge in [0.2, 0.25) is 0 Å². The van der Waals surface area contributed by atoms with Crippen molar-refractivity contribution in [2.24, 2.45) is 5.92 Å². The molecule has 1 heterocycles. The van der Waals surface area contributed by atoms with E-state index >= 15 is 0 Å². The summed E-state index contributed by atoms with van der Waals surface area (Å²) in [6, 6.07) is -0.184. The topological polar surface area (TPSA) is 115 Å². The summed E-state index contributed by atoms with van der Waals surface area (Å²) in [6.45, 7) is 0.836. The highest BCUT2D eigenvalue weighted by Crippen LogP contribution is 2.64. The molecule has 0 amide bonds. The molecule has 0 aromatic heterocycles. The number of hydrogen-bond acceptors (Lipinski definition) is 3. The Kier molecular flexibility index (Phi) is 8.66. The van der Waals surface area contributed by atoms with Gasteiger partial charge in [0.05, 0.1) is 26.7 Å². The summed E-state index contributed by atoms with van der Waals surface area (Å²) < 4.78 is 24.0. The lowest BCUT2D eigenvalue weighted by atomic mass is 9.88. The first-order chi connectivity index (χ1) is 9.41. The van der Waals surface area contributed by atoms with Crippen molar-refractivity contribution in [3.63, 3.8) is 0 Å². The van der Waals surface area contributed by atoms with E-state index in [1.54, 1.807) is 0 Å². The first kappa shape index (κ1) is 22.9. The maximum atomic E-state index is 11.7. The van der Waals surface area contributed by atoms with E-state index in [1.807, 2.05) is 14.1 Å². The van der Waals surface area contributed by atoms with Gasteiger partial charge in [-0.1, -0.05) is 0 Å². The van der Waals surface area contributed by atoms with Crippen LogP contribution >= 0.6 is 27.8 Å². The van der Waals surface area contributed by atoms with Crippen molar-refractivity contribution in [2.45, 2.75) is 37.1 Å². The molecule has 134 valence electrons. The molecule has 0 spiro atoms. The smallest absolute Gasteiger partial charge is 0.341 e. The Balaban J connectivity index is 0.00000441. The van der Waals surface area contributed by atoms with Gasteiger partial charge in [-0.25, -0.2) is 0 Å². The van der Waals surface area contributed by atoms with Crippen molar-refractivity contribution in [2.75, 3.05) is 26.4 Å². The van der Waals surface area contributed by atoms with E-state index in [4.69, 9.17) is 0 Å². The second-order valence-corrected chi connectivity index (χ2v) is 10.7. The Hall–Kier alpha value is 0.900. The highest BCUT2D eigenvalue weighted by atomic mass is 35.5. The molecule has 2 unspecified atom stereocenters. The van der Waals surface area contributed by atoms with Crippen LogP contribution in [0.1, 0.15) is 25.7 Å². The fourth-order valence-corrected chi connectivity index (χ4v) is 7.06. The summed E-state index contributed by atoms with van der Waals surface area (Å²) in [7, 11) is -5.93. The summed E-state index contributed by atoms with van der Waals surface area (Å²) in [4.78, 5) is 38.0. The number of piperidine rings is 1. The fourth-order valence-electron chi connectivity index (χ4n) is 3.50. The summed E-state index contributed by atoms with van der Waals surface area (Å²) in [5.41, 5.74) is 0. The Labute approximate surface area is 143 Å². The lowest BCUT2D eigenvalue weighted by molar-refractivity contribution is -0.923. The van der Waals surface area contributed by atoms with E-state index in [0.29, 0.717) is 16.7 Å². The van der Waals surface area contributed by atoms with Gasteiger partial charge in [0.25, 0.3) is 0 Å². The minimum atomic E-state index is -4.91. The zero-order valence-electron chi connectivity index (χ0n) is 12.7. The van der Waals surface area contributed by atoms with E-state index < -0.39 is 26.5 Å². The van der Waals surface area contributed by atoms with Crippen LogP contribution < -0.4 is 12.4 Å². The molecule has 0 aliphatic carbocycles. The van der Waals surface area contributed by atoms with Gasteiger partial charge in [0.15, 0.2) is 5.40 Å². The Morgan fingerprint density at radius 1 is 1.14 bits per heavy atom. The average Bonchev–Trinajstić information content (AvgIpc) is 2.24. The highest BCUT2D eigenvalue weighted by Gasteiger charge is 2.54. The lowest BCUT2D eigenvalue weighted by Gasteiger charge is -2.47. The van der Waals surface area contributed by atoms with Crippen LogP contribution in [0.25, 0.3) is 0 Å². The molecule has 1 rings (SSSR count). The molecule has 22 heavy (non-hydrogen) atoms. The van der Waals surface area contributed by atoms with Crippen LogP contribution in [0.5, 0.6) is 0 Å².